The van der Waals surface area contributed by atoms with Crippen LogP contribution in [0.2, 0.25) is 0 Å². The molecule has 2 aromatic heterocycles. The zero-order chi connectivity index (χ0) is 30.6. The van der Waals surface area contributed by atoms with E-state index in [9.17, 15) is 9.59 Å². The summed E-state index contributed by atoms with van der Waals surface area (Å²) >= 11 is 6.48. The molecule has 42 heavy (non-hydrogen) atoms. The molecule has 12 heteroatoms. The Kier molecular flexibility index (Phi) is 16.2. The Morgan fingerprint density at radius 3 is 2.05 bits per heavy atom. The second kappa shape index (κ2) is 20.0. The van der Waals surface area contributed by atoms with Gasteiger partial charge in [0.05, 0.1) is 26.3 Å². The third-order valence-corrected chi connectivity index (χ3v) is 6.22. The summed E-state index contributed by atoms with van der Waals surface area (Å²) in [5.41, 5.74) is 3.60. The number of thiol groups is 1. The first-order chi connectivity index (χ1) is 20.4. The number of methoxy groups -OCH3 is 2. The molecule has 4 aromatic rings. The molecule has 1 atom stereocenters. The van der Waals surface area contributed by atoms with Gasteiger partial charge in [0.1, 0.15) is 29.5 Å². The van der Waals surface area contributed by atoms with Crippen LogP contribution in [0.25, 0.3) is 0 Å². The maximum absolute atomic E-state index is 11.4. The number of pyridine rings is 2. The van der Waals surface area contributed by atoms with E-state index in [-0.39, 0.29) is 18.4 Å². The van der Waals surface area contributed by atoms with Gasteiger partial charge in [-0.25, -0.2) is 0 Å². The van der Waals surface area contributed by atoms with Crippen molar-refractivity contribution in [2.24, 2.45) is 4.30 Å². The Morgan fingerprint density at radius 1 is 0.857 bits per heavy atom. The minimum atomic E-state index is -0.461. The topological polar surface area (TPSA) is 109 Å². The van der Waals surface area contributed by atoms with Gasteiger partial charge in [-0.15, -0.1) is 0 Å². The number of halogens is 1. The Labute approximate surface area is 260 Å². The number of esters is 2. The van der Waals surface area contributed by atoms with Gasteiger partial charge in [-0.1, -0.05) is 52.3 Å². The van der Waals surface area contributed by atoms with E-state index in [4.69, 9.17) is 9.47 Å². The number of alkyl halides is 1. The number of nitrogens with zero attached hydrogens (tertiary/aromatic N) is 3. The Bertz CT molecular complexity index is 1350. The van der Waals surface area contributed by atoms with Gasteiger partial charge in [-0.2, -0.15) is 0 Å². The van der Waals surface area contributed by atoms with Crippen molar-refractivity contribution in [1.82, 2.24) is 9.97 Å². The first kappa shape index (κ1) is 34.2. The first-order valence-corrected chi connectivity index (χ1v) is 13.8. The van der Waals surface area contributed by atoms with E-state index < -0.39 is 4.83 Å². The number of aromatic nitrogens is 2. The average Bonchev–Trinajstić information content (AvgIpc) is 3.04. The summed E-state index contributed by atoms with van der Waals surface area (Å²) in [4.78, 5) is 30.3. The van der Waals surface area contributed by atoms with Gasteiger partial charge < -0.3 is 18.9 Å². The molecule has 1 radical (unpaired) electrons. The van der Waals surface area contributed by atoms with Crippen molar-refractivity contribution < 1.29 is 28.5 Å². The standard InChI is InChI=1S/C15H14BrNO3.C15H15NO3.BHNS/c1-19-15(18)14(16)11-5-7-13(8-6-11)20-10-12-4-2-3-9-17-12;1-18-15(17)9-12-4-6-14(7-5-12)19-11-13-3-2-8-16-10-13;1-2-3/h2-9,14H,10H2,1H3;2-8,10H,9,11H2,1H3;3H. The van der Waals surface area contributed by atoms with Gasteiger partial charge in [-0.3, -0.25) is 19.6 Å². The van der Waals surface area contributed by atoms with Gasteiger partial charge in [-0.05, 0) is 53.6 Å². The second-order valence-corrected chi connectivity index (χ2v) is 9.37. The molecule has 0 aliphatic rings. The first-order valence-electron chi connectivity index (χ1n) is 12.5. The molecule has 217 valence electrons. The number of rotatable bonds is 10. The summed E-state index contributed by atoms with van der Waals surface area (Å²) in [6.45, 7) is 0.888. The average molecular weight is 651 g/mol. The van der Waals surface area contributed by atoms with Crippen molar-refractivity contribution in [3.63, 3.8) is 0 Å². The normalized spacial score (nSPS) is 10.4. The van der Waals surface area contributed by atoms with Crippen molar-refractivity contribution in [3.05, 3.63) is 120 Å². The van der Waals surface area contributed by atoms with E-state index in [1.54, 1.807) is 18.6 Å². The summed E-state index contributed by atoms with van der Waals surface area (Å²) in [6, 6.07) is 24.2. The van der Waals surface area contributed by atoms with E-state index in [0.717, 1.165) is 33.9 Å². The van der Waals surface area contributed by atoms with Crippen LogP contribution in [0.1, 0.15) is 27.2 Å². The molecule has 0 aliphatic heterocycles. The number of ether oxygens (including phenoxy) is 4. The molecule has 0 amide bonds. The van der Waals surface area contributed by atoms with Crippen LogP contribution in [0.3, 0.4) is 0 Å². The molecule has 0 saturated heterocycles. The molecule has 1 unspecified atom stereocenters. The molecule has 2 heterocycles. The third-order valence-electron chi connectivity index (χ3n) is 5.32. The number of benzene rings is 2. The molecule has 0 N–H and O–H groups in total. The molecule has 4 rings (SSSR count). The molecule has 0 fully saturated rings. The Morgan fingerprint density at radius 2 is 1.50 bits per heavy atom. The van der Waals surface area contributed by atoms with Crippen molar-refractivity contribution >= 4 is 48.3 Å². The Balaban J connectivity index is 0.000000269. The van der Waals surface area contributed by atoms with Crippen LogP contribution in [-0.4, -0.2) is 43.8 Å². The second-order valence-electron chi connectivity index (χ2n) is 8.23. The van der Waals surface area contributed by atoms with Crippen LogP contribution < -0.4 is 9.47 Å². The fourth-order valence-electron chi connectivity index (χ4n) is 3.21. The fourth-order valence-corrected chi connectivity index (χ4v) is 3.70. The van der Waals surface area contributed by atoms with E-state index in [0.29, 0.717) is 13.2 Å². The van der Waals surface area contributed by atoms with E-state index >= 15 is 0 Å². The van der Waals surface area contributed by atoms with Crippen LogP contribution in [-0.2, 0) is 38.7 Å². The van der Waals surface area contributed by atoms with Crippen molar-refractivity contribution in [3.8, 4) is 11.5 Å². The number of carbonyl (C=O) groups excluding carboxylic acids is 2. The predicted octanol–water partition coefficient (Wildman–Crippen LogP) is 5.83. The number of carbonyl (C=O) groups is 2. The minimum absolute atomic E-state index is 0.246. The summed E-state index contributed by atoms with van der Waals surface area (Å²) in [7, 11) is 7.08. The molecule has 9 nitrogen and oxygen atoms in total. The van der Waals surface area contributed by atoms with E-state index in [1.165, 1.54) is 14.2 Å². The van der Waals surface area contributed by atoms with Crippen LogP contribution in [0.15, 0.2) is 102 Å². The summed E-state index contributed by atoms with van der Waals surface area (Å²) in [5, 5.41) is 0. The zero-order valence-electron chi connectivity index (χ0n) is 23.1. The van der Waals surface area contributed by atoms with Crippen LogP contribution in [0, 0.1) is 0 Å². The van der Waals surface area contributed by atoms with Gasteiger partial charge >= 0.3 is 36.7 Å². The maximum atomic E-state index is 11.4. The summed E-state index contributed by atoms with van der Waals surface area (Å²) in [5.74, 6) is 0.914. The number of hydrogen-bond donors (Lipinski definition) is 1. The molecule has 0 aliphatic carbocycles. The molecule has 0 saturated carbocycles. The molecule has 0 spiro atoms. The summed E-state index contributed by atoms with van der Waals surface area (Å²) in [6.07, 6.45) is 5.50. The predicted molar refractivity (Wildman–Crippen MR) is 167 cm³/mol. The van der Waals surface area contributed by atoms with Crippen molar-refractivity contribution in [1.29, 1.82) is 0 Å². The van der Waals surface area contributed by atoms with Gasteiger partial charge in [0.25, 0.3) is 0 Å². The quantitative estimate of drug-likeness (QED) is 0.0989. The zero-order valence-corrected chi connectivity index (χ0v) is 25.6. The Hall–Kier alpha value is -4.03. The molecular weight excluding hydrogens is 621 g/mol. The fraction of sp³-hybridized carbons (Fsp3) is 0.200. The molecule has 0 bridgehead atoms. The van der Waals surface area contributed by atoms with Gasteiger partial charge in [0.2, 0.25) is 0 Å². The van der Waals surface area contributed by atoms with Crippen LogP contribution in [0.4, 0.5) is 0 Å². The van der Waals surface area contributed by atoms with Gasteiger partial charge in [0.15, 0.2) is 0 Å². The monoisotopic (exact) mass is 650 g/mol. The van der Waals surface area contributed by atoms with Crippen molar-refractivity contribution in [2.75, 3.05) is 14.2 Å². The molecule has 2 aromatic carbocycles. The summed E-state index contributed by atoms with van der Waals surface area (Å²) < 4.78 is 23.2. The SMILES string of the molecule is COC(=O)C(Br)c1ccc(OCc2ccccn2)cc1.COC(=O)Cc1ccc(OCc2cccnc2)cc1.[B]=NS. The van der Waals surface area contributed by atoms with Crippen LogP contribution >= 0.6 is 28.7 Å². The third kappa shape index (κ3) is 13.1. The van der Waals surface area contributed by atoms with Crippen LogP contribution in [0.5, 0.6) is 11.5 Å². The van der Waals surface area contributed by atoms with Gasteiger partial charge in [0, 0.05) is 24.2 Å². The molecular formula is C30H30BBrN3O6S. The number of hydrogen-bond acceptors (Lipinski definition) is 10. The van der Waals surface area contributed by atoms with E-state index in [1.807, 2.05) is 78.9 Å². The van der Waals surface area contributed by atoms with E-state index in [2.05, 4.69) is 60.1 Å². The van der Waals surface area contributed by atoms with Crippen molar-refractivity contribution in [2.45, 2.75) is 24.5 Å².